The van der Waals surface area contributed by atoms with Gasteiger partial charge in [-0.2, -0.15) is 5.10 Å². The van der Waals surface area contributed by atoms with E-state index in [9.17, 15) is 14.4 Å². The van der Waals surface area contributed by atoms with Gasteiger partial charge in [-0.25, -0.2) is 9.48 Å². The van der Waals surface area contributed by atoms with Crippen LogP contribution in [0.2, 0.25) is 5.02 Å². The van der Waals surface area contributed by atoms with Crippen LogP contribution in [0.3, 0.4) is 0 Å². The Morgan fingerprint density at radius 2 is 1.76 bits per heavy atom. The van der Waals surface area contributed by atoms with Crippen LogP contribution in [0.4, 0.5) is 10.5 Å². The minimum atomic E-state index is -0.568. The Hall–Kier alpha value is -3.65. The van der Waals surface area contributed by atoms with Crippen LogP contribution in [0.1, 0.15) is 78.4 Å². The predicted octanol–water partition coefficient (Wildman–Crippen LogP) is 6.40. The molecule has 2 heterocycles. The number of Topliss-reactive ketones (excluding diaryl/α,β-unsaturated/α-hetero) is 1. The van der Waals surface area contributed by atoms with Gasteiger partial charge < -0.3 is 15.0 Å². The van der Waals surface area contributed by atoms with E-state index in [0.717, 1.165) is 16.9 Å². The number of rotatable bonds is 5. The lowest BCUT2D eigenvalue weighted by atomic mass is 9.90. The summed E-state index contributed by atoms with van der Waals surface area (Å²) in [4.78, 5) is 39.7. The molecule has 0 unspecified atom stereocenters. The zero-order valence-corrected chi connectivity index (χ0v) is 23.1. The lowest BCUT2D eigenvalue weighted by Crippen LogP contribution is -2.41. The summed E-state index contributed by atoms with van der Waals surface area (Å²) < 4.78 is 7.33. The number of likely N-dealkylation sites (tertiary alicyclic amines) is 1. The Morgan fingerprint density at radius 3 is 2.42 bits per heavy atom. The highest BCUT2D eigenvalue weighted by molar-refractivity contribution is 6.31. The fourth-order valence-corrected chi connectivity index (χ4v) is 4.79. The van der Waals surface area contributed by atoms with Crippen molar-refractivity contribution < 1.29 is 19.1 Å². The molecule has 8 nitrogen and oxygen atoms in total. The minimum absolute atomic E-state index is 0.0288. The SMILES string of the molecule is CC(=O)c1cccc(NC(=O)c2cnn(-c3cccc(Cl)c3C)c2C2CCN(C(=O)OC(C)(C)C)CC2)c1. The van der Waals surface area contributed by atoms with Crippen molar-refractivity contribution in [3.63, 3.8) is 0 Å². The molecule has 1 N–H and O–H groups in total. The monoisotopic (exact) mass is 536 g/mol. The molecular weight excluding hydrogens is 504 g/mol. The van der Waals surface area contributed by atoms with E-state index in [0.29, 0.717) is 47.8 Å². The van der Waals surface area contributed by atoms with Gasteiger partial charge in [0.1, 0.15) is 5.60 Å². The minimum Gasteiger partial charge on any atom is -0.444 e. The maximum Gasteiger partial charge on any atom is 0.410 e. The molecule has 38 heavy (non-hydrogen) atoms. The van der Waals surface area contributed by atoms with Gasteiger partial charge in [0.05, 0.1) is 23.1 Å². The third-order valence-corrected chi connectivity index (χ3v) is 6.99. The van der Waals surface area contributed by atoms with Crippen LogP contribution in [0.25, 0.3) is 5.69 Å². The molecule has 0 atom stereocenters. The molecule has 2 amide bonds. The Morgan fingerprint density at radius 1 is 1.08 bits per heavy atom. The number of carbonyl (C=O) groups is 3. The van der Waals surface area contributed by atoms with Gasteiger partial charge in [-0.1, -0.05) is 29.8 Å². The molecule has 0 spiro atoms. The first-order valence-corrected chi connectivity index (χ1v) is 13.1. The highest BCUT2D eigenvalue weighted by atomic mass is 35.5. The number of benzene rings is 2. The fraction of sp³-hybridized carbons (Fsp3) is 0.379. The highest BCUT2D eigenvalue weighted by Crippen LogP contribution is 2.34. The first-order chi connectivity index (χ1) is 17.9. The third-order valence-electron chi connectivity index (χ3n) is 6.58. The van der Waals surface area contributed by atoms with Crippen molar-refractivity contribution in [3.8, 4) is 5.69 Å². The molecule has 2 aromatic carbocycles. The van der Waals surface area contributed by atoms with Crippen LogP contribution in [-0.4, -0.2) is 51.2 Å². The predicted molar refractivity (Wildman–Crippen MR) is 147 cm³/mol. The Bertz CT molecular complexity index is 1370. The number of nitrogens with zero attached hydrogens (tertiary/aromatic N) is 3. The third kappa shape index (κ3) is 6.07. The van der Waals surface area contributed by atoms with Crippen LogP contribution in [0.5, 0.6) is 0 Å². The van der Waals surface area contributed by atoms with E-state index in [1.165, 1.54) is 6.92 Å². The number of hydrogen-bond donors (Lipinski definition) is 1. The summed E-state index contributed by atoms with van der Waals surface area (Å²) in [7, 11) is 0. The number of piperidine rings is 1. The van der Waals surface area contributed by atoms with Crippen LogP contribution < -0.4 is 5.32 Å². The van der Waals surface area contributed by atoms with Crippen molar-refractivity contribution in [3.05, 3.63) is 76.1 Å². The second-order valence-corrected chi connectivity index (χ2v) is 11.0. The van der Waals surface area contributed by atoms with Gasteiger partial charge in [0.25, 0.3) is 5.91 Å². The number of nitrogens with one attached hydrogen (secondary N) is 1. The molecule has 0 radical (unpaired) electrons. The van der Waals surface area contributed by atoms with Gasteiger partial charge in [0, 0.05) is 35.3 Å². The number of amides is 2. The van der Waals surface area contributed by atoms with Crippen LogP contribution in [0, 0.1) is 6.92 Å². The number of halogens is 1. The van der Waals surface area contributed by atoms with Crippen molar-refractivity contribution in [1.29, 1.82) is 0 Å². The zero-order valence-electron chi connectivity index (χ0n) is 22.4. The molecule has 9 heteroatoms. The normalized spacial score (nSPS) is 14.3. The van der Waals surface area contributed by atoms with Gasteiger partial charge in [0.2, 0.25) is 0 Å². The van der Waals surface area contributed by atoms with Crippen LogP contribution in [-0.2, 0) is 4.74 Å². The standard InChI is InChI=1S/C29H33ClN4O4/c1-18-24(30)10-7-11-25(18)34-26(20-12-14-33(15-13-20)28(37)38-29(3,4)5)23(17-31-34)27(36)32-22-9-6-8-21(16-22)19(2)35/h6-11,16-17,20H,12-15H2,1-5H3,(H,32,36). The highest BCUT2D eigenvalue weighted by Gasteiger charge is 2.32. The maximum absolute atomic E-state index is 13.5. The summed E-state index contributed by atoms with van der Waals surface area (Å²) in [5.74, 6) is -0.428. The summed E-state index contributed by atoms with van der Waals surface area (Å²) in [6.45, 7) is 9.95. The van der Waals surface area contributed by atoms with Gasteiger partial charge in [-0.3, -0.25) is 9.59 Å². The quantitative estimate of drug-likeness (QED) is 0.381. The van der Waals surface area contributed by atoms with Crippen molar-refractivity contribution in [1.82, 2.24) is 14.7 Å². The number of aromatic nitrogens is 2. The number of hydrogen-bond acceptors (Lipinski definition) is 5. The molecule has 1 aliphatic heterocycles. The van der Waals surface area contributed by atoms with Crippen LogP contribution >= 0.6 is 11.6 Å². The fourth-order valence-electron chi connectivity index (χ4n) is 4.62. The van der Waals surface area contributed by atoms with Gasteiger partial charge >= 0.3 is 6.09 Å². The second-order valence-electron chi connectivity index (χ2n) is 10.6. The number of carbonyl (C=O) groups excluding carboxylic acids is 3. The second kappa shape index (κ2) is 11.0. The lowest BCUT2D eigenvalue weighted by molar-refractivity contribution is 0.0203. The van der Waals surface area contributed by atoms with E-state index >= 15 is 0 Å². The Kier molecular flexibility index (Phi) is 7.92. The summed E-state index contributed by atoms with van der Waals surface area (Å²) >= 11 is 6.42. The van der Waals surface area contributed by atoms with Gasteiger partial charge in [-0.15, -0.1) is 0 Å². The molecule has 3 aromatic rings. The van der Waals surface area contributed by atoms with Crippen molar-refractivity contribution in [2.75, 3.05) is 18.4 Å². The molecule has 1 aliphatic rings. The van der Waals surface area contributed by atoms with E-state index in [2.05, 4.69) is 10.4 Å². The summed E-state index contributed by atoms with van der Waals surface area (Å²) in [5.41, 5.74) is 3.32. The Labute approximate surface area is 227 Å². The van der Waals surface area contributed by atoms with Gasteiger partial charge in [-0.05, 0) is 77.3 Å². The molecule has 1 fully saturated rings. The lowest BCUT2D eigenvalue weighted by Gasteiger charge is -2.34. The van der Waals surface area contributed by atoms with Crippen molar-refractivity contribution >= 4 is 35.1 Å². The molecule has 0 aliphatic carbocycles. The molecule has 1 saturated heterocycles. The largest absolute Gasteiger partial charge is 0.444 e. The Balaban J connectivity index is 1.66. The maximum atomic E-state index is 13.5. The zero-order chi connectivity index (χ0) is 27.6. The molecule has 1 aromatic heterocycles. The smallest absolute Gasteiger partial charge is 0.410 e. The molecule has 0 saturated carbocycles. The summed E-state index contributed by atoms with van der Waals surface area (Å²) in [6, 6.07) is 12.4. The molecule has 0 bridgehead atoms. The number of ketones is 1. The average Bonchev–Trinajstić information content (AvgIpc) is 3.30. The molecule has 200 valence electrons. The van der Waals surface area contributed by atoms with E-state index in [-0.39, 0.29) is 23.7 Å². The van der Waals surface area contributed by atoms with Crippen LogP contribution in [0.15, 0.2) is 48.7 Å². The van der Waals surface area contributed by atoms with E-state index in [1.54, 1.807) is 40.0 Å². The average molecular weight is 537 g/mol. The first-order valence-electron chi connectivity index (χ1n) is 12.7. The number of ether oxygens (including phenoxy) is 1. The summed E-state index contributed by atoms with van der Waals surface area (Å²) in [6.07, 6.45) is 2.52. The first kappa shape index (κ1) is 27.4. The van der Waals surface area contributed by atoms with E-state index in [4.69, 9.17) is 16.3 Å². The summed E-state index contributed by atoms with van der Waals surface area (Å²) in [5, 5.41) is 8.14. The number of anilines is 1. The van der Waals surface area contributed by atoms with E-state index < -0.39 is 5.60 Å². The van der Waals surface area contributed by atoms with E-state index in [1.807, 2.05) is 45.9 Å². The van der Waals surface area contributed by atoms with Gasteiger partial charge in [0.15, 0.2) is 5.78 Å². The topological polar surface area (TPSA) is 93.5 Å². The van der Waals surface area contributed by atoms with Crippen molar-refractivity contribution in [2.45, 2.75) is 59.0 Å². The van der Waals surface area contributed by atoms with Crippen molar-refractivity contribution in [2.24, 2.45) is 0 Å². The molecule has 4 rings (SSSR count). The molecular formula is C29H33ClN4O4.